The van der Waals surface area contributed by atoms with Gasteiger partial charge in [-0.3, -0.25) is 0 Å². The number of benzene rings is 1. The van der Waals surface area contributed by atoms with E-state index in [4.69, 9.17) is 15.2 Å². The molecule has 4 heteroatoms. The van der Waals surface area contributed by atoms with Crippen LogP contribution in [0.4, 0.5) is 0 Å². The topological polar surface area (TPSA) is 64.7 Å². The Kier molecular flexibility index (Phi) is 4.53. The molecule has 106 valence electrons. The highest BCUT2D eigenvalue weighted by atomic mass is 16.5. The molecule has 0 saturated heterocycles. The van der Waals surface area contributed by atoms with E-state index in [1.54, 1.807) is 26.4 Å². The molecule has 0 amide bonds. The maximum atomic E-state index is 9.67. The predicted octanol–water partition coefficient (Wildman–Crippen LogP) is 2.99. The molecule has 1 aromatic rings. The minimum absolute atomic E-state index is 0.106. The van der Waals surface area contributed by atoms with Crippen molar-refractivity contribution in [2.45, 2.75) is 38.1 Å². The minimum atomic E-state index is -0.106. The van der Waals surface area contributed by atoms with E-state index in [2.05, 4.69) is 0 Å². The predicted molar refractivity (Wildman–Crippen MR) is 74.7 cm³/mol. The molecule has 1 aliphatic rings. The van der Waals surface area contributed by atoms with Crippen molar-refractivity contribution < 1.29 is 14.6 Å². The van der Waals surface area contributed by atoms with Crippen LogP contribution in [0.3, 0.4) is 0 Å². The number of aromatic hydroxyl groups is 1. The number of phenols is 1. The van der Waals surface area contributed by atoms with E-state index in [0.717, 1.165) is 18.4 Å². The highest BCUT2D eigenvalue weighted by Gasteiger charge is 2.27. The number of methoxy groups -OCH3 is 2. The number of rotatable bonds is 4. The maximum absolute atomic E-state index is 9.67. The molecule has 19 heavy (non-hydrogen) atoms. The van der Waals surface area contributed by atoms with Crippen molar-refractivity contribution in [3.05, 3.63) is 17.7 Å². The lowest BCUT2D eigenvalue weighted by Crippen LogP contribution is -2.24. The minimum Gasteiger partial charge on any atom is -0.508 e. The molecule has 0 spiro atoms. The van der Waals surface area contributed by atoms with E-state index in [1.165, 1.54) is 19.3 Å². The van der Waals surface area contributed by atoms with Crippen LogP contribution in [0.25, 0.3) is 0 Å². The van der Waals surface area contributed by atoms with E-state index < -0.39 is 0 Å². The average Bonchev–Trinajstić information content (AvgIpc) is 2.46. The highest BCUT2D eigenvalue weighted by molar-refractivity contribution is 5.52. The fourth-order valence-electron chi connectivity index (χ4n) is 2.98. The van der Waals surface area contributed by atoms with Gasteiger partial charge in [-0.2, -0.15) is 0 Å². The Hall–Kier alpha value is -1.42. The van der Waals surface area contributed by atoms with Crippen molar-refractivity contribution in [1.82, 2.24) is 0 Å². The van der Waals surface area contributed by atoms with E-state index in [0.29, 0.717) is 17.4 Å². The molecular weight excluding hydrogens is 242 g/mol. The Morgan fingerprint density at radius 1 is 1.11 bits per heavy atom. The largest absolute Gasteiger partial charge is 0.508 e. The zero-order valence-corrected chi connectivity index (χ0v) is 11.7. The van der Waals surface area contributed by atoms with Crippen molar-refractivity contribution in [3.63, 3.8) is 0 Å². The first-order valence-corrected chi connectivity index (χ1v) is 6.87. The number of ether oxygens (including phenoxy) is 2. The van der Waals surface area contributed by atoms with Gasteiger partial charge in [-0.15, -0.1) is 0 Å². The van der Waals surface area contributed by atoms with Gasteiger partial charge in [0.15, 0.2) is 0 Å². The van der Waals surface area contributed by atoms with E-state index in [-0.39, 0.29) is 11.8 Å². The quantitative estimate of drug-likeness (QED) is 0.878. The molecule has 1 saturated carbocycles. The molecule has 0 aromatic heterocycles. The first kappa shape index (κ1) is 14.0. The van der Waals surface area contributed by atoms with Gasteiger partial charge in [0.1, 0.15) is 17.2 Å². The third kappa shape index (κ3) is 2.95. The van der Waals surface area contributed by atoms with Crippen LogP contribution in [0.5, 0.6) is 17.2 Å². The molecule has 1 aromatic carbocycles. The van der Waals surface area contributed by atoms with Crippen molar-refractivity contribution in [2.75, 3.05) is 14.2 Å². The summed E-state index contributed by atoms with van der Waals surface area (Å²) in [5.41, 5.74) is 7.30. The lowest BCUT2D eigenvalue weighted by molar-refractivity contribution is 0.291. The van der Waals surface area contributed by atoms with E-state index in [1.807, 2.05) is 0 Å². The summed E-state index contributed by atoms with van der Waals surface area (Å²) in [4.78, 5) is 0. The van der Waals surface area contributed by atoms with Gasteiger partial charge in [0.2, 0.25) is 0 Å². The van der Waals surface area contributed by atoms with Crippen LogP contribution in [0, 0.1) is 5.92 Å². The molecule has 1 atom stereocenters. The summed E-state index contributed by atoms with van der Waals surface area (Å²) in [6.07, 6.45) is 6.07. The molecule has 2 rings (SSSR count). The van der Waals surface area contributed by atoms with Crippen molar-refractivity contribution in [3.8, 4) is 17.2 Å². The second-order valence-electron chi connectivity index (χ2n) is 5.19. The van der Waals surface area contributed by atoms with Crippen LogP contribution in [-0.4, -0.2) is 19.3 Å². The van der Waals surface area contributed by atoms with Crippen LogP contribution in [0.1, 0.15) is 43.7 Å². The fourth-order valence-corrected chi connectivity index (χ4v) is 2.98. The van der Waals surface area contributed by atoms with Crippen molar-refractivity contribution in [1.29, 1.82) is 0 Å². The van der Waals surface area contributed by atoms with Gasteiger partial charge >= 0.3 is 0 Å². The van der Waals surface area contributed by atoms with Crippen LogP contribution < -0.4 is 15.2 Å². The summed E-state index contributed by atoms with van der Waals surface area (Å²) in [5.74, 6) is 1.80. The third-order valence-corrected chi connectivity index (χ3v) is 4.02. The van der Waals surface area contributed by atoms with Gasteiger partial charge in [0.25, 0.3) is 0 Å². The zero-order valence-electron chi connectivity index (χ0n) is 11.7. The molecule has 3 N–H and O–H groups in total. The Morgan fingerprint density at radius 3 is 2.11 bits per heavy atom. The Bertz CT molecular complexity index is 402. The molecule has 0 aliphatic heterocycles. The summed E-state index contributed by atoms with van der Waals surface area (Å²) in [6, 6.07) is 3.09. The molecule has 1 aliphatic carbocycles. The third-order valence-electron chi connectivity index (χ3n) is 4.02. The van der Waals surface area contributed by atoms with Gasteiger partial charge < -0.3 is 20.3 Å². The van der Waals surface area contributed by atoms with Crippen LogP contribution >= 0.6 is 0 Å². The summed E-state index contributed by atoms with van der Waals surface area (Å²) >= 11 is 0. The Balaban J connectivity index is 2.35. The Morgan fingerprint density at radius 2 is 1.63 bits per heavy atom. The van der Waals surface area contributed by atoms with Gasteiger partial charge in [-0.05, 0) is 18.8 Å². The number of hydrogen-bond donors (Lipinski definition) is 2. The van der Waals surface area contributed by atoms with E-state index >= 15 is 0 Å². The lowest BCUT2D eigenvalue weighted by Gasteiger charge is -2.29. The van der Waals surface area contributed by atoms with Gasteiger partial charge in [0, 0.05) is 18.2 Å². The molecule has 4 nitrogen and oxygen atoms in total. The monoisotopic (exact) mass is 265 g/mol. The first-order chi connectivity index (χ1) is 9.17. The highest BCUT2D eigenvalue weighted by Crippen LogP contribution is 2.42. The zero-order chi connectivity index (χ0) is 13.8. The van der Waals surface area contributed by atoms with Crippen molar-refractivity contribution >= 4 is 0 Å². The first-order valence-electron chi connectivity index (χ1n) is 6.87. The molecule has 1 fully saturated rings. The van der Waals surface area contributed by atoms with Gasteiger partial charge in [-0.1, -0.05) is 19.3 Å². The van der Waals surface area contributed by atoms with Gasteiger partial charge in [0.05, 0.1) is 19.8 Å². The number of nitrogens with two attached hydrogens (primary N) is 1. The van der Waals surface area contributed by atoms with Crippen molar-refractivity contribution in [2.24, 2.45) is 11.7 Å². The summed E-state index contributed by atoms with van der Waals surface area (Å²) in [5, 5.41) is 9.67. The molecular formula is C15H23NO3. The fraction of sp³-hybridized carbons (Fsp3) is 0.600. The molecule has 0 unspecified atom stereocenters. The summed E-state index contributed by atoms with van der Waals surface area (Å²) < 4.78 is 10.7. The molecule has 0 radical (unpaired) electrons. The van der Waals surface area contributed by atoms with Gasteiger partial charge in [-0.25, -0.2) is 0 Å². The smallest absolute Gasteiger partial charge is 0.131 e. The standard InChI is InChI=1S/C15H23NO3/c1-18-12-8-11(17)9-13(19-2)14(12)15(16)10-6-4-3-5-7-10/h8-10,15,17H,3-7,16H2,1-2H3/t15-/m1/s1. The summed E-state index contributed by atoms with van der Waals surface area (Å²) in [6.45, 7) is 0. The van der Waals surface area contributed by atoms with Crippen LogP contribution in [0.15, 0.2) is 12.1 Å². The second kappa shape index (κ2) is 6.15. The SMILES string of the molecule is COc1cc(O)cc(OC)c1[C@H](N)C1CCCCC1. The normalized spacial score (nSPS) is 18.1. The van der Waals surface area contributed by atoms with Crippen LogP contribution in [0.2, 0.25) is 0 Å². The second-order valence-corrected chi connectivity index (χ2v) is 5.19. The molecule has 0 heterocycles. The average molecular weight is 265 g/mol. The molecule has 0 bridgehead atoms. The number of phenolic OH excluding ortho intramolecular Hbond substituents is 1. The Labute approximate surface area is 114 Å². The summed E-state index contributed by atoms with van der Waals surface area (Å²) in [7, 11) is 3.18. The van der Waals surface area contributed by atoms with Crippen LogP contribution in [-0.2, 0) is 0 Å². The maximum Gasteiger partial charge on any atom is 0.131 e. The number of hydrogen-bond acceptors (Lipinski definition) is 4. The lowest BCUT2D eigenvalue weighted by atomic mass is 9.81. The van der Waals surface area contributed by atoms with E-state index in [9.17, 15) is 5.11 Å².